The number of nitrogens with two attached hydrogens (primary N) is 1. The van der Waals surface area contributed by atoms with Gasteiger partial charge < -0.3 is 25.1 Å². The van der Waals surface area contributed by atoms with Gasteiger partial charge in [-0.1, -0.05) is 31.0 Å². The number of carbonyl (C=O) groups excluding carboxylic acids is 1. The number of hydrogen-bond donors (Lipinski definition) is 4. The Morgan fingerprint density at radius 1 is 1.14 bits per heavy atom. The Morgan fingerprint density at radius 3 is 2.74 bits per heavy atom. The van der Waals surface area contributed by atoms with Gasteiger partial charge in [-0.25, -0.2) is 20.4 Å². The second kappa shape index (κ2) is 12.4. The fourth-order valence-corrected chi connectivity index (χ4v) is 5.24. The Kier molecular flexibility index (Phi) is 9.01. The van der Waals surface area contributed by atoms with Gasteiger partial charge in [-0.05, 0) is 47.4 Å². The predicted molar refractivity (Wildman–Crippen MR) is 135 cm³/mol. The number of hydrogen-bond acceptors (Lipinski definition) is 10. The van der Waals surface area contributed by atoms with Gasteiger partial charge in [0.15, 0.2) is 33.6 Å². The molecule has 3 aromatic rings. The van der Waals surface area contributed by atoms with Gasteiger partial charge in [0.25, 0.3) is 0 Å². The Bertz CT molecular complexity index is 1180. The molecule has 0 bridgehead atoms. The molecule has 0 saturated heterocycles. The first-order valence-electron chi connectivity index (χ1n) is 11.4. The van der Waals surface area contributed by atoms with Crippen molar-refractivity contribution in [2.24, 2.45) is 0 Å². The van der Waals surface area contributed by atoms with Crippen LogP contribution in [-0.2, 0) is 11.3 Å². The van der Waals surface area contributed by atoms with E-state index in [-0.39, 0.29) is 12.7 Å². The maximum atomic E-state index is 11.0. The maximum Gasteiger partial charge on any atom is 0.243 e. The van der Waals surface area contributed by atoms with E-state index in [1.165, 1.54) is 18.1 Å². The molecule has 2 aromatic heterocycles. The average Bonchev–Trinajstić information content (AvgIpc) is 3.45. The average molecular weight is 566 g/mol. The van der Waals surface area contributed by atoms with Crippen LogP contribution in [0.5, 0.6) is 11.5 Å². The quantitative estimate of drug-likeness (QED) is 0.138. The molecule has 188 valence electrons. The van der Waals surface area contributed by atoms with E-state index >= 15 is 0 Å². The SMILES string of the molecule is Nc1ncnc2c1nc(Sc1cc3c(cc1Br)OCO3)n2CCNCCCCCCCC(=O)NO. The number of nitrogen functional groups attached to an aromatic ring is 1. The van der Waals surface area contributed by atoms with E-state index in [4.69, 9.17) is 25.4 Å². The highest BCUT2D eigenvalue weighted by Gasteiger charge is 2.20. The standard InChI is InChI=1S/C22H28BrN7O4S/c23-14-10-15-16(34-13-33-15)11-17(14)35-22-28-19-20(24)26-12-27-21(19)30(22)9-8-25-7-5-3-1-2-4-6-18(31)29-32/h10-12,25,32H,1-9,13H2,(H,29,31)(H2,24,26,27). The van der Waals surface area contributed by atoms with Gasteiger partial charge in [0.05, 0.1) is 0 Å². The fraction of sp³-hybridized carbons (Fsp3) is 0.455. The van der Waals surface area contributed by atoms with Gasteiger partial charge >= 0.3 is 0 Å². The second-order valence-electron chi connectivity index (χ2n) is 8.02. The van der Waals surface area contributed by atoms with Gasteiger partial charge in [0, 0.05) is 28.9 Å². The van der Waals surface area contributed by atoms with Crippen LogP contribution >= 0.6 is 27.7 Å². The summed E-state index contributed by atoms with van der Waals surface area (Å²) in [5.41, 5.74) is 9.02. The molecule has 11 nitrogen and oxygen atoms in total. The minimum atomic E-state index is -0.325. The molecule has 1 aromatic carbocycles. The van der Waals surface area contributed by atoms with Crippen LogP contribution < -0.4 is 26.0 Å². The van der Waals surface area contributed by atoms with Crippen molar-refractivity contribution >= 4 is 50.6 Å². The van der Waals surface area contributed by atoms with Gasteiger partial charge in [-0.2, -0.15) is 0 Å². The zero-order valence-electron chi connectivity index (χ0n) is 19.1. The van der Waals surface area contributed by atoms with Crippen molar-refractivity contribution in [2.75, 3.05) is 25.6 Å². The molecule has 0 aliphatic carbocycles. The molecule has 0 unspecified atom stereocenters. The second-order valence-corrected chi connectivity index (χ2v) is 9.88. The Hall–Kier alpha value is -2.61. The number of nitrogens with one attached hydrogen (secondary N) is 2. The largest absolute Gasteiger partial charge is 0.454 e. The van der Waals surface area contributed by atoms with Gasteiger partial charge in [-0.3, -0.25) is 10.0 Å². The van der Waals surface area contributed by atoms with Crippen LogP contribution in [0.3, 0.4) is 0 Å². The number of fused-ring (bicyclic) bond motifs is 2. The Labute approximate surface area is 215 Å². The summed E-state index contributed by atoms with van der Waals surface area (Å²) in [5, 5.41) is 12.7. The van der Waals surface area contributed by atoms with Crippen LogP contribution in [-0.4, -0.2) is 50.5 Å². The summed E-state index contributed by atoms with van der Waals surface area (Å²) >= 11 is 5.11. The number of aromatic nitrogens is 4. The number of benzene rings is 1. The first kappa shape index (κ1) is 25.5. The highest BCUT2D eigenvalue weighted by atomic mass is 79.9. The van der Waals surface area contributed by atoms with Crippen molar-refractivity contribution in [1.29, 1.82) is 0 Å². The first-order chi connectivity index (χ1) is 17.1. The number of anilines is 1. The van der Waals surface area contributed by atoms with Gasteiger partial charge in [0.2, 0.25) is 12.7 Å². The molecule has 0 radical (unpaired) electrons. The van der Waals surface area contributed by atoms with Crippen LogP contribution in [0.25, 0.3) is 11.2 Å². The molecule has 1 aliphatic heterocycles. The molecule has 0 atom stereocenters. The molecule has 35 heavy (non-hydrogen) atoms. The van der Waals surface area contributed by atoms with E-state index < -0.39 is 0 Å². The van der Waals surface area contributed by atoms with Crippen molar-refractivity contribution in [1.82, 2.24) is 30.3 Å². The lowest BCUT2D eigenvalue weighted by atomic mass is 10.1. The Balaban J connectivity index is 1.33. The minimum Gasteiger partial charge on any atom is -0.454 e. The Morgan fingerprint density at radius 2 is 1.91 bits per heavy atom. The van der Waals surface area contributed by atoms with Crippen LogP contribution in [0.2, 0.25) is 0 Å². The number of rotatable bonds is 13. The summed E-state index contributed by atoms with van der Waals surface area (Å²) in [6, 6.07) is 3.83. The number of amides is 1. The topological polar surface area (TPSA) is 149 Å². The number of nitrogens with zero attached hydrogens (tertiary/aromatic N) is 4. The normalized spacial score (nSPS) is 12.4. The van der Waals surface area contributed by atoms with Crippen LogP contribution in [0.1, 0.15) is 38.5 Å². The fourth-order valence-electron chi connectivity index (χ4n) is 3.73. The van der Waals surface area contributed by atoms with E-state index in [0.717, 1.165) is 59.7 Å². The monoisotopic (exact) mass is 565 g/mol. The molecular formula is C22H28BrN7O4S. The van der Waals surface area contributed by atoms with Crippen molar-refractivity contribution in [3.63, 3.8) is 0 Å². The van der Waals surface area contributed by atoms with Crippen LogP contribution in [0.15, 0.2) is 33.0 Å². The lowest BCUT2D eigenvalue weighted by molar-refractivity contribution is -0.129. The van der Waals surface area contributed by atoms with E-state index in [0.29, 0.717) is 41.4 Å². The molecule has 0 fully saturated rings. The first-order valence-corrected chi connectivity index (χ1v) is 13.0. The van der Waals surface area contributed by atoms with E-state index in [1.54, 1.807) is 5.48 Å². The highest BCUT2D eigenvalue weighted by molar-refractivity contribution is 9.10. The summed E-state index contributed by atoms with van der Waals surface area (Å²) in [6.45, 7) is 2.54. The third kappa shape index (κ3) is 6.54. The molecular weight excluding hydrogens is 538 g/mol. The van der Waals surface area contributed by atoms with Crippen molar-refractivity contribution in [2.45, 2.75) is 55.1 Å². The van der Waals surface area contributed by atoms with Crippen LogP contribution in [0, 0.1) is 0 Å². The zero-order chi connectivity index (χ0) is 24.6. The molecule has 1 amide bonds. The molecule has 4 rings (SSSR count). The van der Waals surface area contributed by atoms with E-state index in [9.17, 15) is 4.79 Å². The molecule has 5 N–H and O–H groups in total. The summed E-state index contributed by atoms with van der Waals surface area (Å²) in [7, 11) is 0. The molecule has 0 spiro atoms. The van der Waals surface area contributed by atoms with Crippen LogP contribution in [0.4, 0.5) is 5.82 Å². The summed E-state index contributed by atoms with van der Waals surface area (Å²) in [4.78, 5) is 25.2. The van der Waals surface area contributed by atoms with Crippen molar-refractivity contribution in [3.05, 3.63) is 22.9 Å². The number of unbranched alkanes of at least 4 members (excludes halogenated alkanes) is 4. The number of imidazole rings is 1. The molecule has 1 aliphatic rings. The zero-order valence-corrected chi connectivity index (χ0v) is 21.5. The number of carbonyl (C=O) groups is 1. The van der Waals surface area contributed by atoms with Crippen molar-refractivity contribution in [3.8, 4) is 11.5 Å². The third-order valence-corrected chi connectivity index (χ3v) is 7.52. The predicted octanol–water partition coefficient (Wildman–Crippen LogP) is 3.49. The summed E-state index contributed by atoms with van der Waals surface area (Å²) in [5.74, 6) is 1.44. The highest BCUT2D eigenvalue weighted by Crippen LogP contribution is 2.43. The van der Waals surface area contributed by atoms with E-state index in [2.05, 4.69) is 31.2 Å². The van der Waals surface area contributed by atoms with E-state index in [1.807, 2.05) is 16.7 Å². The minimum absolute atomic E-state index is 0.215. The lowest BCUT2D eigenvalue weighted by Crippen LogP contribution is -2.21. The molecule has 13 heteroatoms. The number of hydroxylamine groups is 1. The molecule has 3 heterocycles. The maximum absolute atomic E-state index is 11.0. The van der Waals surface area contributed by atoms with Gasteiger partial charge in [-0.15, -0.1) is 0 Å². The summed E-state index contributed by atoms with van der Waals surface area (Å²) in [6.07, 6.45) is 6.80. The molecule has 0 saturated carbocycles. The number of halogens is 1. The summed E-state index contributed by atoms with van der Waals surface area (Å²) < 4.78 is 13.9. The lowest BCUT2D eigenvalue weighted by Gasteiger charge is -2.11. The number of ether oxygens (including phenoxy) is 2. The third-order valence-electron chi connectivity index (χ3n) is 5.55. The van der Waals surface area contributed by atoms with Gasteiger partial charge in [0.1, 0.15) is 6.33 Å². The van der Waals surface area contributed by atoms with Crippen molar-refractivity contribution < 1.29 is 19.5 Å². The smallest absolute Gasteiger partial charge is 0.243 e.